The first-order chi connectivity index (χ1) is 8.86. The quantitative estimate of drug-likeness (QED) is 0.591. The van der Waals surface area contributed by atoms with Gasteiger partial charge in [0.1, 0.15) is 5.00 Å². The van der Waals surface area contributed by atoms with Crippen LogP contribution in [0.1, 0.15) is 43.8 Å². The monoisotopic (exact) mass is 282 g/mol. The number of anilines is 2. The van der Waals surface area contributed by atoms with Gasteiger partial charge in [-0.2, -0.15) is 0 Å². The van der Waals surface area contributed by atoms with Crippen LogP contribution in [0.4, 0.5) is 10.7 Å². The van der Waals surface area contributed by atoms with Crippen molar-refractivity contribution >= 4 is 27.8 Å². The molecule has 1 rings (SSSR count). The number of ether oxygens (including phenoxy) is 1. The van der Waals surface area contributed by atoms with Gasteiger partial charge < -0.3 is 15.8 Å². The Morgan fingerprint density at radius 1 is 1.53 bits per heavy atom. The minimum Gasteiger partial charge on any atom is -0.486 e. The van der Waals surface area contributed by atoms with Gasteiger partial charge in [-0.05, 0) is 20.8 Å². The van der Waals surface area contributed by atoms with Gasteiger partial charge >= 0.3 is 0 Å². The summed E-state index contributed by atoms with van der Waals surface area (Å²) in [4.78, 5) is 12.4. The van der Waals surface area contributed by atoms with E-state index < -0.39 is 0 Å². The summed E-state index contributed by atoms with van der Waals surface area (Å²) >= 11 is 1.35. The number of carbonyl (C=O) groups excluding carboxylic acids is 1. The summed E-state index contributed by atoms with van der Waals surface area (Å²) in [6, 6.07) is 0. The Morgan fingerprint density at radius 2 is 2.16 bits per heavy atom. The third-order valence-electron chi connectivity index (χ3n) is 2.38. The zero-order valence-corrected chi connectivity index (χ0v) is 12.8. The van der Waals surface area contributed by atoms with E-state index in [1.807, 2.05) is 27.7 Å². The smallest absolute Gasteiger partial charge is 0.177 e. The van der Waals surface area contributed by atoms with E-state index in [1.54, 1.807) is 0 Å². The van der Waals surface area contributed by atoms with Crippen LogP contribution in [0.15, 0.2) is 12.2 Å². The number of nitrogens with one attached hydrogen (secondary N) is 1. The lowest BCUT2D eigenvalue weighted by molar-refractivity contribution is 0.0992. The van der Waals surface area contributed by atoms with E-state index in [4.69, 9.17) is 10.5 Å². The molecule has 0 saturated heterocycles. The number of rotatable bonds is 7. The molecular formula is C14H22N2O2S. The summed E-state index contributed by atoms with van der Waals surface area (Å²) in [6.45, 7) is 12.1. The van der Waals surface area contributed by atoms with Crippen LogP contribution in [0.2, 0.25) is 0 Å². The van der Waals surface area contributed by atoms with Crippen LogP contribution in [0.25, 0.3) is 0 Å². The molecule has 3 N–H and O–H groups in total. The largest absolute Gasteiger partial charge is 0.486 e. The molecule has 1 aromatic rings. The van der Waals surface area contributed by atoms with E-state index in [9.17, 15) is 4.79 Å². The van der Waals surface area contributed by atoms with Crippen LogP contribution in [0, 0.1) is 0 Å². The van der Waals surface area contributed by atoms with Crippen LogP contribution in [0.3, 0.4) is 0 Å². The summed E-state index contributed by atoms with van der Waals surface area (Å²) < 4.78 is 5.72. The highest BCUT2D eigenvalue weighted by Gasteiger charge is 2.21. The molecule has 0 aliphatic heterocycles. The van der Waals surface area contributed by atoms with Gasteiger partial charge in [0.05, 0.1) is 16.7 Å². The molecule has 0 spiro atoms. The topological polar surface area (TPSA) is 64.4 Å². The highest BCUT2D eigenvalue weighted by Crippen LogP contribution is 2.43. The van der Waals surface area contributed by atoms with Gasteiger partial charge in [-0.25, -0.2) is 0 Å². The van der Waals surface area contributed by atoms with Gasteiger partial charge in [-0.3, -0.25) is 4.79 Å². The van der Waals surface area contributed by atoms with Gasteiger partial charge in [0.25, 0.3) is 0 Å². The zero-order chi connectivity index (χ0) is 14.6. The Bertz CT molecular complexity index is 478. The molecule has 0 bridgehead atoms. The van der Waals surface area contributed by atoms with Crippen molar-refractivity contribution < 1.29 is 9.53 Å². The average molecular weight is 282 g/mol. The zero-order valence-electron chi connectivity index (χ0n) is 12.0. The summed E-state index contributed by atoms with van der Waals surface area (Å²) in [6.07, 6.45) is 0.443. The molecule has 0 aromatic carbocycles. The first-order valence-electron chi connectivity index (χ1n) is 6.37. The summed E-state index contributed by atoms with van der Waals surface area (Å²) in [5, 5.41) is 4.02. The lowest BCUT2D eigenvalue weighted by Crippen LogP contribution is -2.09. The molecule has 19 heavy (non-hydrogen) atoms. The number of Topliss-reactive ketones (excluding diaryl/α,β-unsaturated/α-hetero) is 1. The molecule has 0 saturated carbocycles. The van der Waals surface area contributed by atoms with Gasteiger partial charge in [-0.15, -0.1) is 11.3 Å². The van der Waals surface area contributed by atoms with Crippen molar-refractivity contribution in [3.8, 4) is 5.75 Å². The number of thiophene rings is 1. The maximum Gasteiger partial charge on any atom is 0.177 e. The maximum atomic E-state index is 11.9. The summed E-state index contributed by atoms with van der Waals surface area (Å²) in [5.74, 6) is 0.623. The lowest BCUT2D eigenvalue weighted by atomic mass is 10.2. The fourth-order valence-electron chi connectivity index (χ4n) is 1.50. The summed E-state index contributed by atoms with van der Waals surface area (Å²) in [5.41, 5.74) is 7.48. The number of nitrogen functional groups attached to an aromatic ring is 1. The number of nitrogens with two attached hydrogens (primary N) is 1. The van der Waals surface area contributed by atoms with Crippen molar-refractivity contribution in [2.75, 3.05) is 17.6 Å². The van der Waals surface area contributed by atoms with Crippen LogP contribution in [-0.2, 0) is 0 Å². The predicted molar refractivity (Wildman–Crippen MR) is 82.4 cm³/mol. The molecule has 0 amide bonds. The van der Waals surface area contributed by atoms with Crippen molar-refractivity contribution in [3.05, 3.63) is 17.0 Å². The molecular weight excluding hydrogens is 260 g/mol. The van der Waals surface area contributed by atoms with E-state index in [-0.39, 0.29) is 11.9 Å². The minimum atomic E-state index is 0.00635. The second-order valence-corrected chi connectivity index (χ2v) is 5.78. The van der Waals surface area contributed by atoms with Crippen LogP contribution >= 0.6 is 11.3 Å². The molecule has 1 heterocycles. The molecule has 1 aromatic heterocycles. The molecule has 4 nitrogen and oxygen atoms in total. The SMILES string of the molecule is C=C(C)CNc1sc(C(=O)CC)c(N)c1OC(C)C. The maximum absolute atomic E-state index is 11.9. The van der Waals surface area contributed by atoms with Crippen LogP contribution in [-0.4, -0.2) is 18.4 Å². The highest BCUT2D eigenvalue weighted by atomic mass is 32.1. The molecule has 0 radical (unpaired) electrons. The van der Waals surface area contributed by atoms with Gasteiger partial charge in [0.2, 0.25) is 0 Å². The third kappa shape index (κ3) is 3.99. The Morgan fingerprint density at radius 3 is 2.63 bits per heavy atom. The predicted octanol–water partition coefficient (Wildman–Crippen LogP) is 3.70. The van der Waals surface area contributed by atoms with Crippen molar-refractivity contribution in [1.29, 1.82) is 0 Å². The highest BCUT2D eigenvalue weighted by molar-refractivity contribution is 7.19. The summed E-state index contributed by atoms with van der Waals surface area (Å²) in [7, 11) is 0. The lowest BCUT2D eigenvalue weighted by Gasteiger charge is -2.12. The molecule has 0 unspecified atom stereocenters. The van der Waals surface area contributed by atoms with Gasteiger partial charge in [0, 0.05) is 13.0 Å². The molecule has 0 atom stereocenters. The molecule has 0 aliphatic rings. The van der Waals surface area contributed by atoms with E-state index in [0.29, 0.717) is 29.3 Å². The number of hydrogen-bond donors (Lipinski definition) is 2. The number of hydrogen-bond acceptors (Lipinski definition) is 5. The standard InChI is InChI=1S/C14H22N2O2S/c1-6-10(17)13-11(15)12(18-9(4)5)14(19-13)16-7-8(2)3/h9,16H,2,6-7,15H2,1,3-5H3. The minimum absolute atomic E-state index is 0.00635. The van der Waals surface area contributed by atoms with Crippen molar-refractivity contribution in [1.82, 2.24) is 0 Å². The second-order valence-electron chi connectivity index (χ2n) is 4.76. The first-order valence-corrected chi connectivity index (χ1v) is 7.18. The van der Waals surface area contributed by atoms with E-state index in [2.05, 4.69) is 11.9 Å². The first kappa shape index (κ1) is 15.6. The van der Waals surface area contributed by atoms with Gasteiger partial charge in [-0.1, -0.05) is 19.1 Å². The molecule has 0 aliphatic carbocycles. The Hall–Kier alpha value is -1.49. The van der Waals surface area contributed by atoms with E-state index >= 15 is 0 Å². The Labute approximate surface area is 118 Å². The van der Waals surface area contributed by atoms with Crippen molar-refractivity contribution in [3.63, 3.8) is 0 Å². The van der Waals surface area contributed by atoms with E-state index in [0.717, 1.165) is 10.6 Å². The average Bonchev–Trinajstić information content (AvgIpc) is 2.63. The number of ketones is 1. The fraction of sp³-hybridized carbons (Fsp3) is 0.500. The van der Waals surface area contributed by atoms with Crippen LogP contribution < -0.4 is 15.8 Å². The second kappa shape index (κ2) is 6.61. The van der Waals surface area contributed by atoms with Crippen molar-refractivity contribution in [2.24, 2.45) is 0 Å². The molecule has 0 fully saturated rings. The third-order valence-corrected chi connectivity index (χ3v) is 3.56. The Kier molecular flexibility index (Phi) is 5.42. The number of carbonyl (C=O) groups is 1. The molecule has 106 valence electrons. The Balaban J connectivity index is 3.11. The molecule has 5 heteroatoms. The fourth-order valence-corrected chi connectivity index (χ4v) is 2.56. The van der Waals surface area contributed by atoms with E-state index in [1.165, 1.54) is 11.3 Å². The van der Waals surface area contributed by atoms with Crippen molar-refractivity contribution in [2.45, 2.75) is 40.2 Å². The van der Waals surface area contributed by atoms with Crippen LogP contribution in [0.5, 0.6) is 5.75 Å². The van der Waals surface area contributed by atoms with Gasteiger partial charge in [0.15, 0.2) is 11.5 Å². The normalized spacial score (nSPS) is 10.6.